The van der Waals surface area contributed by atoms with Gasteiger partial charge < -0.3 is 5.32 Å². The van der Waals surface area contributed by atoms with Crippen molar-refractivity contribution in [1.82, 2.24) is 5.32 Å². The molecule has 0 spiro atoms. The van der Waals surface area contributed by atoms with Crippen LogP contribution in [0.1, 0.15) is 84.5 Å². The van der Waals surface area contributed by atoms with Crippen molar-refractivity contribution in [3.8, 4) is 0 Å². The molecule has 0 aromatic carbocycles. The molecule has 0 bridgehead atoms. The highest BCUT2D eigenvalue weighted by Gasteiger charge is 2.40. The molecule has 0 amide bonds. The summed E-state index contributed by atoms with van der Waals surface area (Å²) in [5.41, 5.74) is 2.33. The smallest absolute Gasteiger partial charge is 0.0336 e. The molecule has 1 N–H and O–H groups in total. The van der Waals surface area contributed by atoms with E-state index in [4.69, 9.17) is 0 Å². The summed E-state index contributed by atoms with van der Waals surface area (Å²) >= 11 is 0. The zero-order chi connectivity index (χ0) is 13.6. The van der Waals surface area contributed by atoms with Gasteiger partial charge in [-0.05, 0) is 63.3 Å². The Kier molecular flexibility index (Phi) is 5.94. The van der Waals surface area contributed by atoms with E-state index in [2.05, 4.69) is 25.2 Å². The fourth-order valence-electron chi connectivity index (χ4n) is 4.26. The topological polar surface area (TPSA) is 12.0 Å². The van der Waals surface area contributed by atoms with Crippen LogP contribution < -0.4 is 5.32 Å². The minimum Gasteiger partial charge on any atom is -0.310 e. The van der Waals surface area contributed by atoms with Gasteiger partial charge in [0.15, 0.2) is 0 Å². The molecule has 2 aliphatic rings. The largest absolute Gasteiger partial charge is 0.310 e. The summed E-state index contributed by atoms with van der Waals surface area (Å²) in [5.74, 6) is 0. The fourth-order valence-corrected chi connectivity index (χ4v) is 4.26. The van der Waals surface area contributed by atoms with Crippen LogP contribution in [0.2, 0.25) is 0 Å². The van der Waals surface area contributed by atoms with Crippen LogP contribution in [0.5, 0.6) is 0 Å². The van der Waals surface area contributed by atoms with Crippen LogP contribution in [0, 0.1) is 5.41 Å². The highest BCUT2D eigenvalue weighted by Crippen LogP contribution is 2.47. The Morgan fingerprint density at radius 1 is 1.11 bits per heavy atom. The van der Waals surface area contributed by atoms with Crippen molar-refractivity contribution in [2.75, 3.05) is 6.54 Å². The number of allylic oxidation sites excluding steroid dienone is 1. The molecule has 2 rings (SSSR count). The Labute approximate surface area is 120 Å². The van der Waals surface area contributed by atoms with E-state index >= 15 is 0 Å². The summed E-state index contributed by atoms with van der Waals surface area (Å²) < 4.78 is 0. The van der Waals surface area contributed by atoms with Crippen LogP contribution in [0.3, 0.4) is 0 Å². The average Bonchev–Trinajstić information content (AvgIpc) is 2.76. The second-order valence-corrected chi connectivity index (χ2v) is 6.69. The monoisotopic (exact) mass is 263 g/mol. The van der Waals surface area contributed by atoms with Crippen molar-refractivity contribution in [2.24, 2.45) is 5.41 Å². The first-order valence-electron chi connectivity index (χ1n) is 8.74. The molecule has 110 valence electrons. The number of hydrogen-bond donors (Lipinski definition) is 1. The Bertz CT molecular complexity index is 286. The molecule has 0 radical (unpaired) electrons. The Morgan fingerprint density at radius 3 is 2.58 bits per heavy atom. The van der Waals surface area contributed by atoms with Gasteiger partial charge in [0, 0.05) is 6.04 Å². The van der Waals surface area contributed by atoms with Gasteiger partial charge in [0.05, 0.1) is 0 Å². The highest BCUT2D eigenvalue weighted by atomic mass is 14.9. The van der Waals surface area contributed by atoms with Gasteiger partial charge in [-0.2, -0.15) is 0 Å². The molecule has 1 fully saturated rings. The van der Waals surface area contributed by atoms with E-state index in [9.17, 15) is 0 Å². The summed E-state index contributed by atoms with van der Waals surface area (Å²) in [6.07, 6.45) is 17.9. The quantitative estimate of drug-likeness (QED) is 0.648. The van der Waals surface area contributed by atoms with Crippen LogP contribution in [-0.4, -0.2) is 12.6 Å². The summed E-state index contributed by atoms with van der Waals surface area (Å²) in [7, 11) is 0. The van der Waals surface area contributed by atoms with Crippen LogP contribution >= 0.6 is 0 Å². The predicted octanol–water partition coefficient (Wildman–Crippen LogP) is 5.22. The molecular weight excluding hydrogens is 230 g/mol. The Morgan fingerprint density at radius 2 is 1.89 bits per heavy atom. The first-order chi connectivity index (χ1) is 9.32. The van der Waals surface area contributed by atoms with Gasteiger partial charge in [0.2, 0.25) is 0 Å². The van der Waals surface area contributed by atoms with E-state index in [1.165, 1.54) is 77.2 Å². The number of nitrogens with one attached hydrogen (secondary N) is 1. The van der Waals surface area contributed by atoms with Crippen molar-refractivity contribution in [2.45, 2.75) is 90.5 Å². The van der Waals surface area contributed by atoms with Crippen LogP contribution in [0.15, 0.2) is 11.6 Å². The van der Waals surface area contributed by atoms with Crippen molar-refractivity contribution in [3.05, 3.63) is 11.6 Å². The third kappa shape index (κ3) is 3.62. The second-order valence-electron chi connectivity index (χ2n) is 6.69. The molecule has 1 atom stereocenters. The van der Waals surface area contributed by atoms with Gasteiger partial charge in [-0.25, -0.2) is 0 Å². The van der Waals surface area contributed by atoms with Crippen molar-refractivity contribution >= 4 is 0 Å². The molecular formula is C18H33N. The zero-order valence-electron chi connectivity index (χ0n) is 13.1. The summed E-state index contributed by atoms with van der Waals surface area (Å²) in [6.45, 7) is 5.89. The molecule has 19 heavy (non-hydrogen) atoms. The minimum absolute atomic E-state index is 0.575. The first kappa shape index (κ1) is 15.1. The maximum Gasteiger partial charge on any atom is 0.0336 e. The lowest BCUT2D eigenvalue weighted by atomic mass is 9.72. The molecule has 0 aliphatic heterocycles. The number of hydrogen-bond acceptors (Lipinski definition) is 1. The SMILES string of the molecule is CCCNC(C1=CCCCCC1)C1(CC)CCCC1. The lowest BCUT2D eigenvalue weighted by Crippen LogP contribution is -2.45. The standard InChI is InChI=1S/C18H33N/c1-3-15-19-17(16-11-7-5-6-8-12-16)18(4-2)13-9-10-14-18/h11,17,19H,3-10,12-15H2,1-2H3. The van der Waals surface area contributed by atoms with Crippen molar-refractivity contribution in [3.63, 3.8) is 0 Å². The maximum atomic E-state index is 3.93. The second kappa shape index (κ2) is 7.47. The van der Waals surface area contributed by atoms with E-state index in [0.29, 0.717) is 11.5 Å². The van der Waals surface area contributed by atoms with Crippen LogP contribution in [0.25, 0.3) is 0 Å². The molecule has 0 saturated heterocycles. The zero-order valence-corrected chi connectivity index (χ0v) is 13.1. The minimum atomic E-state index is 0.575. The van der Waals surface area contributed by atoms with E-state index < -0.39 is 0 Å². The van der Waals surface area contributed by atoms with Crippen molar-refractivity contribution in [1.29, 1.82) is 0 Å². The fraction of sp³-hybridized carbons (Fsp3) is 0.889. The lowest BCUT2D eigenvalue weighted by Gasteiger charge is -2.39. The lowest BCUT2D eigenvalue weighted by molar-refractivity contribution is 0.207. The van der Waals surface area contributed by atoms with Gasteiger partial charge in [0.25, 0.3) is 0 Å². The third-order valence-corrected chi connectivity index (χ3v) is 5.46. The first-order valence-corrected chi connectivity index (χ1v) is 8.74. The van der Waals surface area contributed by atoms with Gasteiger partial charge in [-0.1, -0.05) is 44.8 Å². The summed E-state index contributed by atoms with van der Waals surface area (Å²) in [6, 6.07) is 0.679. The molecule has 0 aromatic rings. The Balaban J connectivity index is 2.15. The van der Waals surface area contributed by atoms with E-state index in [1.54, 1.807) is 5.57 Å². The molecule has 2 aliphatic carbocycles. The van der Waals surface area contributed by atoms with E-state index in [1.807, 2.05) is 0 Å². The van der Waals surface area contributed by atoms with E-state index in [0.717, 1.165) is 0 Å². The third-order valence-electron chi connectivity index (χ3n) is 5.46. The molecule has 0 heterocycles. The maximum absolute atomic E-state index is 3.93. The van der Waals surface area contributed by atoms with Gasteiger partial charge in [-0.3, -0.25) is 0 Å². The predicted molar refractivity (Wildman–Crippen MR) is 84.4 cm³/mol. The Hall–Kier alpha value is -0.300. The van der Waals surface area contributed by atoms with Gasteiger partial charge in [-0.15, -0.1) is 0 Å². The van der Waals surface area contributed by atoms with E-state index in [-0.39, 0.29) is 0 Å². The highest BCUT2D eigenvalue weighted by molar-refractivity contribution is 5.18. The average molecular weight is 263 g/mol. The van der Waals surface area contributed by atoms with Crippen LogP contribution in [-0.2, 0) is 0 Å². The molecule has 1 nitrogen and oxygen atoms in total. The van der Waals surface area contributed by atoms with Gasteiger partial charge >= 0.3 is 0 Å². The molecule has 1 heteroatoms. The summed E-state index contributed by atoms with van der Waals surface area (Å²) in [4.78, 5) is 0. The number of rotatable bonds is 6. The molecule has 0 aromatic heterocycles. The summed E-state index contributed by atoms with van der Waals surface area (Å²) in [5, 5.41) is 3.93. The van der Waals surface area contributed by atoms with Crippen LogP contribution in [0.4, 0.5) is 0 Å². The van der Waals surface area contributed by atoms with Crippen molar-refractivity contribution < 1.29 is 0 Å². The van der Waals surface area contributed by atoms with Gasteiger partial charge in [0.1, 0.15) is 0 Å². The molecule has 1 unspecified atom stereocenters. The molecule has 1 saturated carbocycles. The normalized spacial score (nSPS) is 24.8.